The maximum Gasteiger partial charge on any atom is 0.411 e. The fraction of sp³-hybridized carbons (Fsp3) is 0.316. The number of fused-ring (bicyclic) bond motifs is 1. The number of carboxylic acid groups (broad SMARTS) is 1. The molecule has 3 rings (SSSR count). The molecule has 3 nitrogen and oxygen atoms in total. The van der Waals surface area contributed by atoms with Gasteiger partial charge in [0.1, 0.15) is 0 Å². The van der Waals surface area contributed by atoms with Gasteiger partial charge in [-0.25, -0.2) is 4.79 Å². The third-order valence-electron chi connectivity index (χ3n) is 4.35. The molecule has 0 spiro atoms. The van der Waals surface area contributed by atoms with Crippen LogP contribution in [0, 0.1) is 0 Å². The van der Waals surface area contributed by atoms with Crippen LogP contribution in [0.5, 0.6) is 0 Å². The molecule has 1 aliphatic rings. The summed E-state index contributed by atoms with van der Waals surface area (Å²) in [4.78, 5) is 13.9. The van der Waals surface area contributed by atoms with E-state index in [0.717, 1.165) is 30.7 Å². The van der Waals surface area contributed by atoms with Crippen molar-refractivity contribution >= 4 is 23.5 Å². The summed E-state index contributed by atoms with van der Waals surface area (Å²) in [7, 11) is 1.63. The van der Waals surface area contributed by atoms with Crippen LogP contribution in [0.1, 0.15) is 29.5 Å². The van der Waals surface area contributed by atoms with E-state index in [1.807, 2.05) is 23.9 Å². The highest BCUT2D eigenvalue weighted by Crippen LogP contribution is 2.37. The quantitative estimate of drug-likeness (QED) is 0.806. The van der Waals surface area contributed by atoms with E-state index in [9.17, 15) is 9.90 Å². The molecule has 0 radical (unpaired) electrons. The molecule has 1 N–H and O–H groups in total. The zero-order chi connectivity index (χ0) is 16.2. The van der Waals surface area contributed by atoms with E-state index in [1.165, 1.54) is 32.9 Å². The second-order valence-electron chi connectivity index (χ2n) is 5.86. The van der Waals surface area contributed by atoms with E-state index in [-0.39, 0.29) is 0 Å². The fourth-order valence-corrected chi connectivity index (χ4v) is 4.18. The maximum atomic E-state index is 11.3. The number of amides is 1. The summed E-state index contributed by atoms with van der Waals surface area (Å²) in [6, 6.07) is 14.5. The Morgan fingerprint density at radius 1 is 1.09 bits per heavy atom. The molecule has 2 aromatic carbocycles. The summed E-state index contributed by atoms with van der Waals surface area (Å²) < 4.78 is 0. The van der Waals surface area contributed by atoms with Crippen LogP contribution in [0.3, 0.4) is 0 Å². The Kier molecular flexibility index (Phi) is 4.91. The molecule has 0 aliphatic heterocycles. The van der Waals surface area contributed by atoms with Crippen molar-refractivity contribution in [2.24, 2.45) is 0 Å². The monoisotopic (exact) mass is 327 g/mol. The Balaban J connectivity index is 1.88. The van der Waals surface area contributed by atoms with E-state index < -0.39 is 6.09 Å². The van der Waals surface area contributed by atoms with Crippen LogP contribution in [-0.4, -0.2) is 18.2 Å². The third kappa shape index (κ3) is 3.53. The number of thioether (sulfide) groups is 1. The first-order valence-electron chi connectivity index (χ1n) is 7.95. The predicted molar refractivity (Wildman–Crippen MR) is 95.5 cm³/mol. The van der Waals surface area contributed by atoms with Gasteiger partial charge in [-0.3, -0.25) is 4.90 Å². The molecule has 0 aromatic heterocycles. The number of rotatable bonds is 4. The van der Waals surface area contributed by atoms with E-state index >= 15 is 0 Å². The lowest BCUT2D eigenvalue weighted by atomic mass is 9.90. The summed E-state index contributed by atoms with van der Waals surface area (Å²) >= 11 is 1.85. The van der Waals surface area contributed by atoms with Crippen molar-refractivity contribution in [1.29, 1.82) is 0 Å². The van der Waals surface area contributed by atoms with Crippen molar-refractivity contribution in [3.63, 3.8) is 0 Å². The third-order valence-corrected chi connectivity index (χ3v) is 5.52. The minimum atomic E-state index is -0.900. The number of anilines is 1. The Morgan fingerprint density at radius 3 is 2.48 bits per heavy atom. The molecule has 0 fully saturated rings. The summed E-state index contributed by atoms with van der Waals surface area (Å²) in [5.41, 5.74) is 4.73. The van der Waals surface area contributed by atoms with Gasteiger partial charge in [0.15, 0.2) is 0 Å². The van der Waals surface area contributed by atoms with Gasteiger partial charge >= 0.3 is 6.09 Å². The van der Waals surface area contributed by atoms with E-state index in [0.29, 0.717) is 0 Å². The Labute approximate surface area is 141 Å². The highest BCUT2D eigenvalue weighted by atomic mass is 32.2. The molecular weight excluding hydrogens is 306 g/mol. The number of hydrogen-bond donors (Lipinski definition) is 1. The molecule has 0 saturated heterocycles. The van der Waals surface area contributed by atoms with Gasteiger partial charge in [-0.1, -0.05) is 30.3 Å². The molecule has 0 unspecified atom stereocenters. The lowest BCUT2D eigenvalue weighted by Gasteiger charge is -2.25. The lowest BCUT2D eigenvalue weighted by Crippen LogP contribution is -2.26. The minimum absolute atomic E-state index is 0.844. The topological polar surface area (TPSA) is 40.5 Å². The fourth-order valence-electron chi connectivity index (χ4n) is 3.10. The van der Waals surface area contributed by atoms with Crippen LogP contribution in [0.2, 0.25) is 0 Å². The second kappa shape index (κ2) is 7.09. The Morgan fingerprint density at radius 2 is 1.78 bits per heavy atom. The zero-order valence-corrected chi connectivity index (χ0v) is 14.1. The summed E-state index contributed by atoms with van der Waals surface area (Å²) in [6.45, 7) is 0. The smallest absolute Gasteiger partial charge is 0.411 e. The van der Waals surface area contributed by atoms with Crippen LogP contribution < -0.4 is 4.90 Å². The van der Waals surface area contributed by atoms with Crippen molar-refractivity contribution in [2.45, 2.75) is 36.3 Å². The van der Waals surface area contributed by atoms with Gasteiger partial charge in [-0.2, -0.15) is 0 Å². The molecule has 4 heteroatoms. The Bertz CT molecular complexity index is 700. The first-order chi connectivity index (χ1) is 11.2. The highest BCUT2D eigenvalue weighted by molar-refractivity contribution is 7.98. The van der Waals surface area contributed by atoms with Crippen molar-refractivity contribution in [2.75, 3.05) is 11.9 Å². The van der Waals surface area contributed by atoms with Crippen LogP contribution in [-0.2, 0) is 18.6 Å². The first kappa shape index (κ1) is 15.9. The van der Waals surface area contributed by atoms with E-state index in [1.54, 1.807) is 7.05 Å². The van der Waals surface area contributed by atoms with Gasteiger partial charge in [0.05, 0.1) is 5.69 Å². The molecular formula is C19H21NO2S. The lowest BCUT2D eigenvalue weighted by molar-refractivity contribution is 0.203. The maximum absolute atomic E-state index is 11.3. The van der Waals surface area contributed by atoms with Crippen LogP contribution in [0.4, 0.5) is 10.5 Å². The summed E-state index contributed by atoms with van der Waals surface area (Å²) in [6.07, 6.45) is 3.45. The summed E-state index contributed by atoms with van der Waals surface area (Å²) in [5, 5.41) is 9.28. The zero-order valence-electron chi connectivity index (χ0n) is 13.3. The standard InChI is InChI=1S/C19H21NO2S/c1-20(19(21)22)17-11-12-18(16-10-6-5-9-15(16)17)23-13-14-7-3-2-4-8-14/h2-4,7-8,11-12H,5-6,9-10,13H2,1H3,(H,21,22). The molecule has 1 aliphatic carbocycles. The van der Waals surface area contributed by atoms with Crippen molar-refractivity contribution in [1.82, 2.24) is 0 Å². The average molecular weight is 327 g/mol. The number of carbonyl (C=O) groups is 1. The SMILES string of the molecule is CN(C(=O)O)c1ccc(SCc2ccccc2)c2c1CCCC2. The minimum Gasteiger partial charge on any atom is -0.465 e. The van der Waals surface area contributed by atoms with Gasteiger partial charge in [0.2, 0.25) is 0 Å². The number of benzene rings is 2. The van der Waals surface area contributed by atoms with E-state index in [4.69, 9.17) is 0 Å². The van der Waals surface area contributed by atoms with Crippen molar-refractivity contribution in [3.8, 4) is 0 Å². The molecule has 120 valence electrons. The molecule has 0 saturated carbocycles. The summed E-state index contributed by atoms with van der Waals surface area (Å²) in [5.74, 6) is 0.946. The molecule has 0 heterocycles. The van der Waals surface area contributed by atoms with E-state index in [2.05, 4.69) is 30.3 Å². The van der Waals surface area contributed by atoms with Crippen molar-refractivity contribution in [3.05, 3.63) is 59.2 Å². The molecule has 2 aromatic rings. The average Bonchev–Trinajstić information content (AvgIpc) is 2.60. The number of nitrogens with zero attached hydrogens (tertiary/aromatic N) is 1. The molecule has 1 amide bonds. The van der Waals surface area contributed by atoms with Crippen LogP contribution in [0.25, 0.3) is 0 Å². The number of hydrogen-bond acceptors (Lipinski definition) is 2. The van der Waals surface area contributed by atoms with Gasteiger partial charge < -0.3 is 5.11 Å². The first-order valence-corrected chi connectivity index (χ1v) is 8.93. The molecule has 23 heavy (non-hydrogen) atoms. The van der Waals surface area contributed by atoms with Crippen LogP contribution >= 0.6 is 11.8 Å². The van der Waals surface area contributed by atoms with Gasteiger partial charge in [0, 0.05) is 17.7 Å². The van der Waals surface area contributed by atoms with Crippen molar-refractivity contribution < 1.29 is 9.90 Å². The predicted octanol–water partition coefficient (Wildman–Crippen LogP) is 4.97. The largest absolute Gasteiger partial charge is 0.465 e. The van der Waals surface area contributed by atoms with Gasteiger partial charge in [0.25, 0.3) is 0 Å². The second-order valence-corrected chi connectivity index (χ2v) is 6.88. The molecule has 0 bridgehead atoms. The van der Waals surface area contributed by atoms with Crippen LogP contribution in [0.15, 0.2) is 47.4 Å². The Hall–Kier alpha value is -1.94. The van der Waals surface area contributed by atoms with Gasteiger partial charge in [-0.15, -0.1) is 11.8 Å². The normalized spacial score (nSPS) is 13.4. The van der Waals surface area contributed by atoms with Gasteiger partial charge in [-0.05, 0) is 54.5 Å². The highest BCUT2D eigenvalue weighted by Gasteiger charge is 2.21. The molecule has 0 atom stereocenters.